The van der Waals surface area contributed by atoms with E-state index in [-0.39, 0.29) is 18.4 Å². The van der Waals surface area contributed by atoms with E-state index >= 15 is 0 Å². The standard InChI is InChI=1S/C19H24N2O3S2/c22-18(20-12-11-16-7-2-1-3-8-16)15-17-9-4-5-13-21(17)26(23,24)19-10-6-14-25-19/h1-3,6-8,10,14,17H,4-5,9,11-13,15H2,(H,20,22). The molecule has 2 heterocycles. The summed E-state index contributed by atoms with van der Waals surface area (Å²) in [4.78, 5) is 12.3. The second-order valence-electron chi connectivity index (χ2n) is 6.49. The van der Waals surface area contributed by atoms with Gasteiger partial charge in [0.1, 0.15) is 4.21 Å². The molecule has 1 aliphatic rings. The van der Waals surface area contributed by atoms with Gasteiger partial charge in [0.05, 0.1) is 0 Å². The van der Waals surface area contributed by atoms with Crippen molar-refractivity contribution in [2.24, 2.45) is 0 Å². The molecule has 2 aromatic rings. The normalized spacial score (nSPS) is 18.5. The van der Waals surface area contributed by atoms with E-state index in [9.17, 15) is 13.2 Å². The van der Waals surface area contributed by atoms with Crippen molar-refractivity contribution in [3.8, 4) is 0 Å². The Morgan fingerprint density at radius 1 is 1.15 bits per heavy atom. The van der Waals surface area contributed by atoms with E-state index in [2.05, 4.69) is 5.32 Å². The zero-order chi connectivity index (χ0) is 18.4. The van der Waals surface area contributed by atoms with E-state index in [0.29, 0.717) is 17.3 Å². The lowest BCUT2D eigenvalue weighted by atomic mass is 10.0. The third kappa shape index (κ3) is 4.72. The Hall–Kier alpha value is -1.70. The fourth-order valence-corrected chi connectivity index (χ4v) is 6.11. The first-order valence-corrected chi connectivity index (χ1v) is 11.3. The van der Waals surface area contributed by atoms with Gasteiger partial charge in [0, 0.05) is 25.6 Å². The van der Waals surface area contributed by atoms with Crippen LogP contribution in [0.25, 0.3) is 0 Å². The maximum atomic E-state index is 12.8. The molecule has 5 nitrogen and oxygen atoms in total. The Bertz CT molecular complexity index is 805. The number of hydrogen-bond donors (Lipinski definition) is 1. The number of thiophene rings is 1. The summed E-state index contributed by atoms with van der Waals surface area (Å²) in [6, 6.07) is 13.1. The van der Waals surface area contributed by atoms with Crippen molar-refractivity contribution >= 4 is 27.3 Å². The lowest BCUT2D eigenvalue weighted by Gasteiger charge is -2.34. The number of sulfonamides is 1. The highest BCUT2D eigenvalue weighted by Crippen LogP contribution is 2.29. The lowest BCUT2D eigenvalue weighted by molar-refractivity contribution is -0.122. The molecule has 1 unspecified atom stereocenters. The lowest BCUT2D eigenvalue weighted by Crippen LogP contribution is -2.45. The largest absolute Gasteiger partial charge is 0.356 e. The maximum absolute atomic E-state index is 12.8. The molecule has 1 aliphatic heterocycles. The fraction of sp³-hybridized carbons (Fsp3) is 0.421. The zero-order valence-electron chi connectivity index (χ0n) is 14.6. The Balaban J connectivity index is 1.57. The summed E-state index contributed by atoms with van der Waals surface area (Å²) in [5.74, 6) is -0.0841. The third-order valence-electron chi connectivity index (χ3n) is 4.63. The van der Waals surface area contributed by atoms with Gasteiger partial charge < -0.3 is 5.32 Å². The van der Waals surface area contributed by atoms with E-state index in [1.165, 1.54) is 21.2 Å². The molecule has 1 N–H and O–H groups in total. The van der Waals surface area contributed by atoms with Gasteiger partial charge in [-0.05, 0) is 36.3 Å². The molecule has 0 bridgehead atoms. The van der Waals surface area contributed by atoms with Crippen molar-refractivity contribution in [2.45, 2.75) is 42.4 Å². The molecule has 140 valence electrons. The van der Waals surface area contributed by atoms with Crippen LogP contribution in [0.15, 0.2) is 52.1 Å². The molecule has 0 radical (unpaired) electrons. The number of carbonyl (C=O) groups excluding carboxylic acids is 1. The van der Waals surface area contributed by atoms with Crippen molar-refractivity contribution in [1.82, 2.24) is 9.62 Å². The zero-order valence-corrected chi connectivity index (χ0v) is 16.3. The molecule has 0 spiro atoms. The van der Waals surface area contributed by atoms with E-state index in [4.69, 9.17) is 0 Å². The van der Waals surface area contributed by atoms with Gasteiger partial charge in [-0.15, -0.1) is 11.3 Å². The summed E-state index contributed by atoms with van der Waals surface area (Å²) >= 11 is 1.23. The maximum Gasteiger partial charge on any atom is 0.252 e. The molecule has 1 saturated heterocycles. The van der Waals surface area contributed by atoms with E-state index in [1.54, 1.807) is 17.5 Å². The third-order valence-corrected chi connectivity index (χ3v) is 7.96. The Labute approximate surface area is 159 Å². The minimum absolute atomic E-state index is 0.0841. The quantitative estimate of drug-likeness (QED) is 0.788. The van der Waals surface area contributed by atoms with Crippen LogP contribution in [0.1, 0.15) is 31.2 Å². The number of hydrogen-bond acceptors (Lipinski definition) is 4. The molecular weight excluding hydrogens is 368 g/mol. The van der Waals surface area contributed by atoms with Gasteiger partial charge in [-0.25, -0.2) is 8.42 Å². The SMILES string of the molecule is O=C(CC1CCCCN1S(=O)(=O)c1cccs1)NCCc1ccccc1. The summed E-state index contributed by atoms with van der Waals surface area (Å²) in [6.07, 6.45) is 3.53. The van der Waals surface area contributed by atoms with Gasteiger partial charge in [0.25, 0.3) is 10.0 Å². The average molecular weight is 393 g/mol. The van der Waals surface area contributed by atoms with Crippen LogP contribution in [0.4, 0.5) is 0 Å². The topological polar surface area (TPSA) is 66.5 Å². The average Bonchev–Trinajstić information content (AvgIpc) is 3.18. The highest BCUT2D eigenvalue weighted by molar-refractivity contribution is 7.91. The van der Waals surface area contributed by atoms with Gasteiger partial charge in [-0.3, -0.25) is 4.79 Å². The van der Waals surface area contributed by atoms with Crippen molar-refractivity contribution in [3.63, 3.8) is 0 Å². The Morgan fingerprint density at radius 3 is 2.69 bits per heavy atom. The molecule has 0 saturated carbocycles. The molecule has 26 heavy (non-hydrogen) atoms. The summed E-state index contributed by atoms with van der Waals surface area (Å²) in [7, 11) is -3.51. The van der Waals surface area contributed by atoms with Crippen LogP contribution in [-0.2, 0) is 21.2 Å². The molecule has 1 aromatic carbocycles. The van der Waals surface area contributed by atoms with Gasteiger partial charge in [-0.2, -0.15) is 4.31 Å². The van der Waals surface area contributed by atoms with Crippen molar-refractivity contribution < 1.29 is 13.2 Å². The minimum Gasteiger partial charge on any atom is -0.356 e. The monoisotopic (exact) mass is 392 g/mol. The number of nitrogens with one attached hydrogen (secondary N) is 1. The molecule has 1 fully saturated rings. The van der Waals surface area contributed by atoms with Crippen molar-refractivity contribution in [3.05, 3.63) is 53.4 Å². The smallest absolute Gasteiger partial charge is 0.252 e. The van der Waals surface area contributed by atoms with Gasteiger partial charge in [0.2, 0.25) is 5.91 Å². The highest BCUT2D eigenvalue weighted by atomic mass is 32.2. The molecular formula is C19H24N2O3S2. The van der Waals surface area contributed by atoms with Gasteiger partial charge >= 0.3 is 0 Å². The van der Waals surface area contributed by atoms with Crippen LogP contribution in [-0.4, -0.2) is 37.8 Å². The number of rotatable bonds is 7. The molecule has 3 rings (SSSR count). The van der Waals surface area contributed by atoms with E-state index in [0.717, 1.165) is 25.7 Å². The molecule has 1 aromatic heterocycles. The van der Waals surface area contributed by atoms with E-state index < -0.39 is 10.0 Å². The molecule has 1 amide bonds. The first-order valence-electron chi connectivity index (χ1n) is 8.93. The van der Waals surface area contributed by atoms with Crippen LogP contribution in [0.3, 0.4) is 0 Å². The first kappa shape index (κ1) is 19.1. The molecule has 7 heteroatoms. The molecule has 0 aliphatic carbocycles. The molecule has 1 atom stereocenters. The second-order valence-corrected chi connectivity index (χ2v) is 9.55. The van der Waals surface area contributed by atoms with Crippen LogP contribution in [0.5, 0.6) is 0 Å². The number of piperidine rings is 1. The van der Waals surface area contributed by atoms with Crippen molar-refractivity contribution in [2.75, 3.05) is 13.1 Å². The highest BCUT2D eigenvalue weighted by Gasteiger charge is 2.35. The van der Waals surface area contributed by atoms with Crippen LogP contribution < -0.4 is 5.32 Å². The summed E-state index contributed by atoms with van der Waals surface area (Å²) < 4.78 is 27.6. The van der Waals surface area contributed by atoms with Gasteiger partial charge in [-0.1, -0.05) is 42.8 Å². The Kier molecular flexibility index (Phi) is 6.45. The van der Waals surface area contributed by atoms with E-state index in [1.807, 2.05) is 30.3 Å². The van der Waals surface area contributed by atoms with Crippen LogP contribution >= 0.6 is 11.3 Å². The number of amides is 1. The fourth-order valence-electron chi connectivity index (χ4n) is 3.30. The summed E-state index contributed by atoms with van der Waals surface area (Å²) in [6.45, 7) is 1.05. The van der Waals surface area contributed by atoms with Crippen LogP contribution in [0, 0.1) is 0 Å². The summed E-state index contributed by atoms with van der Waals surface area (Å²) in [5, 5.41) is 4.69. The van der Waals surface area contributed by atoms with Crippen molar-refractivity contribution in [1.29, 1.82) is 0 Å². The second kappa shape index (κ2) is 8.79. The minimum atomic E-state index is -3.51. The number of nitrogens with zero attached hydrogens (tertiary/aromatic N) is 1. The predicted octanol–water partition coefficient (Wildman–Crippen LogP) is 3.04. The Morgan fingerprint density at radius 2 is 1.96 bits per heavy atom. The number of benzene rings is 1. The predicted molar refractivity (Wildman–Crippen MR) is 104 cm³/mol. The van der Waals surface area contributed by atoms with Crippen LogP contribution in [0.2, 0.25) is 0 Å². The van der Waals surface area contributed by atoms with Gasteiger partial charge in [0.15, 0.2) is 0 Å². The summed E-state index contributed by atoms with van der Waals surface area (Å²) in [5.41, 5.74) is 1.17. The first-order chi connectivity index (χ1) is 12.6. The number of carbonyl (C=O) groups is 1.